The summed E-state index contributed by atoms with van der Waals surface area (Å²) in [6.45, 7) is 14.8. The smallest absolute Gasteiger partial charge is 0.303 e. The molecule has 416 valence electrons. The second-order valence-corrected chi connectivity index (χ2v) is 18.1. The monoisotopic (exact) mass is 1180 g/mol. The number of carbonyl (C=O) groups excluding carboxylic acids is 4. The standard InChI is InChI=1S/C29H37FN2O11.C21H29FN2O7.HI/c1-14(2)32-15(3)22(11-20-9-10-21(37-8)12-23(20)30)28(31-32)43-29-27(41-19(7)36)26(40-18(6)35)25(39-17(5)34)24(42-29)13-38-16(4)33;1-10(2)24-11(3)14(7-12-5-6-13(29-4)8-15(12)22)20(23-24)31-21-19(28)18(27)17(26)16(9-25)30-21;/h9-10,12,14,24-27,29H,11,13H2,1-8H3;5-6,8,10,16-19,21,25-28H,7,9H2,1-4H3;1H/t24-,25-,26+,27-,29+;16-,17-,18+,19-,21+;/m11./s1. The fourth-order valence-electron chi connectivity index (χ4n) is 8.30. The summed E-state index contributed by atoms with van der Waals surface area (Å²) in [4.78, 5) is 48.0. The molecule has 6 rings (SSSR count). The number of aromatic nitrogens is 4. The van der Waals surface area contributed by atoms with Crippen molar-refractivity contribution < 1.29 is 95.8 Å². The lowest BCUT2D eigenvalue weighted by Gasteiger charge is -2.43. The van der Waals surface area contributed by atoms with Crippen molar-refractivity contribution in [2.75, 3.05) is 27.4 Å². The van der Waals surface area contributed by atoms with Crippen LogP contribution in [-0.2, 0) is 60.4 Å². The first kappa shape index (κ1) is 61.8. The van der Waals surface area contributed by atoms with Crippen LogP contribution in [0.15, 0.2) is 36.4 Å². The molecular weight excluding hydrogens is 1110 g/mol. The second-order valence-electron chi connectivity index (χ2n) is 18.1. The lowest BCUT2D eigenvalue weighted by molar-refractivity contribution is -0.289. The lowest BCUT2D eigenvalue weighted by atomic mass is 9.98. The van der Waals surface area contributed by atoms with E-state index in [-0.39, 0.29) is 60.7 Å². The van der Waals surface area contributed by atoms with Gasteiger partial charge in [0, 0.05) is 87.3 Å². The molecule has 0 amide bonds. The topological polar surface area (TPSA) is 277 Å². The second kappa shape index (κ2) is 27.4. The van der Waals surface area contributed by atoms with E-state index < -0.39 is 110 Å². The number of benzene rings is 2. The van der Waals surface area contributed by atoms with Crippen LogP contribution < -0.4 is 18.9 Å². The Balaban J connectivity index is 0.000000336. The van der Waals surface area contributed by atoms with Crippen LogP contribution >= 0.6 is 24.0 Å². The molecule has 4 N–H and O–H groups in total. The number of halogens is 3. The van der Waals surface area contributed by atoms with Gasteiger partial charge in [-0.25, -0.2) is 8.78 Å². The van der Waals surface area contributed by atoms with Crippen LogP contribution in [-0.4, -0.2) is 153 Å². The van der Waals surface area contributed by atoms with Gasteiger partial charge in [0.15, 0.2) is 12.2 Å². The number of methoxy groups -OCH3 is 2. The summed E-state index contributed by atoms with van der Waals surface area (Å²) in [6, 6.07) is 8.88. The van der Waals surface area contributed by atoms with E-state index in [0.29, 0.717) is 39.4 Å². The third-order valence-electron chi connectivity index (χ3n) is 12.0. The van der Waals surface area contributed by atoms with Crippen molar-refractivity contribution in [1.29, 1.82) is 0 Å². The van der Waals surface area contributed by atoms with Gasteiger partial charge in [-0.05, 0) is 64.8 Å². The van der Waals surface area contributed by atoms with E-state index in [4.69, 9.17) is 47.4 Å². The van der Waals surface area contributed by atoms with Gasteiger partial charge in [0.25, 0.3) is 0 Å². The molecule has 25 heteroatoms. The number of aliphatic hydroxyl groups is 4. The summed E-state index contributed by atoms with van der Waals surface area (Å²) in [7, 11) is 2.89. The fourth-order valence-corrected chi connectivity index (χ4v) is 8.30. The highest BCUT2D eigenvalue weighted by molar-refractivity contribution is 14.0. The minimum atomic E-state index is -1.58. The summed E-state index contributed by atoms with van der Waals surface area (Å²) in [5, 5.41) is 48.7. The highest BCUT2D eigenvalue weighted by Crippen LogP contribution is 2.36. The predicted molar refractivity (Wildman–Crippen MR) is 269 cm³/mol. The van der Waals surface area contributed by atoms with Crippen molar-refractivity contribution in [2.24, 2.45) is 0 Å². The molecule has 2 fully saturated rings. The number of aliphatic hydroxyl groups excluding tert-OH is 4. The number of rotatable bonds is 18. The number of nitrogens with zero attached hydrogens (tertiary/aromatic N) is 4. The highest BCUT2D eigenvalue weighted by Gasteiger charge is 2.54. The Labute approximate surface area is 449 Å². The third kappa shape index (κ3) is 15.5. The quantitative estimate of drug-likeness (QED) is 0.0615. The van der Waals surface area contributed by atoms with Gasteiger partial charge in [0.2, 0.25) is 30.4 Å². The third-order valence-corrected chi connectivity index (χ3v) is 12.0. The molecule has 0 saturated carbocycles. The maximum Gasteiger partial charge on any atom is 0.303 e. The van der Waals surface area contributed by atoms with E-state index in [2.05, 4.69) is 10.2 Å². The first-order chi connectivity index (χ1) is 34.9. The van der Waals surface area contributed by atoms with Crippen LogP contribution in [0, 0.1) is 25.5 Å². The molecule has 75 heavy (non-hydrogen) atoms. The number of hydrogen-bond donors (Lipinski definition) is 4. The SMILES string of the molecule is COc1ccc(Cc2c(O[C@@H]3O[C@H](CO)[C@@H](O)[C@H](O)[C@H]3O)nn(C(C)C)c2C)c(F)c1.COc1ccc(Cc2c(O[C@@H]3O[C@H](COC(C)=O)[C@@H](OC(C)=O)[C@H](OC(C)=O)[C@H]3OC(C)=O)nn(C(C)C)c2C)c(F)c1.I. The number of carbonyl (C=O) groups is 4. The van der Waals surface area contributed by atoms with E-state index in [0.717, 1.165) is 26.5 Å². The molecule has 0 aliphatic carbocycles. The minimum absolute atomic E-state index is 0. The van der Waals surface area contributed by atoms with Gasteiger partial charge in [-0.2, -0.15) is 0 Å². The largest absolute Gasteiger partial charge is 0.497 e. The molecule has 0 bridgehead atoms. The summed E-state index contributed by atoms with van der Waals surface area (Å²) in [5.74, 6) is -3.03. The van der Waals surface area contributed by atoms with E-state index in [9.17, 15) is 48.4 Å². The van der Waals surface area contributed by atoms with E-state index >= 15 is 0 Å². The van der Waals surface area contributed by atoms with Crippen molar-refractivity contribution in [3.8, 4) is 23.3 Å². The van der Waals surface area contributed by atoms with E-state index in [1.807, 2.05) is 34.6 Å². The average Bonchev–Trinajstić information content (AvgIpc) is 3.81. The lowest BCUT2D eigenvalue weighted by Crippen LogP contribution is -2.63. The number of esters is 4. The summed E-state index contributed by atoms with van der Waals surface area (Å²) in [6.07, 6.45) is -13.8. The first-order valence-electron chi connectivity index (χ1n) is 23.6. The minimum Gasteiger partial charge on any atom is -0.497 e. The highest BCUT2D eigenvalue weighted by atomic mass is 127. The van der Waals surface area contributed by atoms with Crippen molar-refractivity contribution >= 4 is 47.9 Å². The molecular formula is C50H67F2IN4O18. The average molecular weight is 1180 g/mol. The molecule has 2 aliphatic heterocycles. The zero-order valence-corrected chi connectivity index (χ0v) is 46.0. The maximum atomic E-state index is 15.0. The molecule has 4 aromatic rings. The van der Waals surface area contributed by atoms with Crippen molar-refractivity contribution in [2.45, 2.75) is 156 Å². The zero-order chi connectivity index (χ0) is 54.9. The van der Waals surface area contributed by atoms with Gasteiger partial charge in [0.1, 0.15) is 60.3 Å². The molecule has 4 heterocycles. The molecule has 0 spiro atoms. The van der Waals surface area contributed by atoms with Crippen LogP contribution in [0.4, 0.5) is 8.78 Å². The van der Waals surface area contributed by atoms with Crippen LogP contribution in [0.3, 0.4) is 0 Å². The van der Waals surface area contributed by atoms with Crippen molar-refractivity contribution in [1.82, 2.24) is 19.6 Å². The maximum absolute atomic E-state index is 15.0. The van der Waals surface area contributed by atoms with Gasteiger partial charge in [0.05, 0.1) is 20.8 Å². The van der Waals surface area contributed by atoms with Gasteiger partial charge in [-0.15, -0.1) is 34.2 Å². The molecule has 0 radical (unpaired) electrons. The summed E-state index contributed by atoms with van der Waals surface area (Å²) < 4.78 is 88.0. The Bertz CT molecular complexity index is 2590. The van der Waals surface area contributed by atoms with Gasteiger partial charge >= 0.3 is 23.9 Å². The van der Waals surface area contributed by atoms with E-state index in [1.54, 1.807) is 40.6 Å². The molecule has 22 nitrogen and oxygen atoms in total. The van der Waals surface area contributed by atoms with E-state index in [1.165, 1.54) is 33.3 Å². The Morgan fingerprint density at radius 1 is 0.627 bits per heavy atom. The van der Waals surface area contributed by atoms with Gasteiger partial charge < -0.3 is 67.8 Å². The molecule has 2 aromatic carbocycles. The van der Waals surface area contributed by atoms with Crippen LogP contribution in [0.1, 0.15) is 101 Å². The molecule has 0 unspecified atom stereocenters. The Hall–Kier alpha value is -5.71. The van der Waals surface area contributed by atoms with Crippen LogP contribution in [0.5, 0.6) is 23.3 Å². The van der Waals surface area contributed by atoms with Crippen LogP contribution in [0.2, 0.25) is 0 Å². The molecule has 2 saturated heterocycles. The Kier molecular flexibility index (Phi) is 22.6. The predicted octanol–water partition coefficient (Wildman–Crippen LogP) is 4.28. The molecule has 2 aromatic heterocycles. The summed E-state index contributed by atoms with van der Waals surface area (Å²) in [5.41, 5.74) is 3.22. The fraction of sp³-hybridized carbons (Fsp3) is 0.560. The van der Waals surface area contributed by atoms with Gasteiger partial charge in [-0.3, -0.25) is 28.5 Å². The first-order valence-corrected chi connectivity index (χ1v) is 23.6. The number of hydrogen-bond acceptors (Lipinski definition) is 20. The normalized spacial score (nSPS) is 23.3. The zero-order valence-electron chi connectivity index (χ0n) is 43.7. The summed E-state index contributed by atoms with van der Waals surface area (Å²) >= 11 is 0. The molecule has 2 aliphatic rings. The van der Waals surface area contributed by atoms with Crippen molar-refractivity contribution in [3.05, 3.63) is 81.7 Å². The van der Waals surface area contributed by atoms with Crippen LogP contribution in [0.25, 0.3) is 0 Å². The molecule has 10 atom stereocenters. The van der Waals surface area contributed by atoms with Gasteiger partial charge in [-0.1, -0.05) is 12.1 Å². The Morgan fingerprint density at radius 3 is 1.45 bits per heavy atom. The number of ether oxygens (including phenoxy) is 10. The van der Waals surface area contributed by atoms with Crippen molar-refractivity contribution in [3.63, 3.8) is 0 Å². The Morgan fingerprint density at radius 2 is 1.05 bits per heavy atom.